The number of ether oxygens (including phenoxy) is 1. The second kappa shape index (κ2) is 8.53. The summed E-state index contributed by atoms with van der Waals surface area (Å²) in [6.07, 6.45) is -2.81. The summed E-state index contributed by atoms with van der Waals surface area (Å²) in [4.78, 5) is 13.4. The highest BCUT2D eigenvalue weighted by atomic mass is 32.2. The van der Waals surface area contributed by atoms with Crippen LogP contribution < -0.4 is 10.1 Å². The van der Waals surface area contributed by atoms with Crippen LogP contribution in [0.4, 0.5) is 18.9 Å². The third kappa shape index (κ3) is 4.87. The zero-order valence-electron chi connectivity index (χ0n) is 17.3. The second-order valence-corrected chi connectivity index (χ2v) is 10.1. The number of sulfone groups is 1. The Bertz CT molecular complexity index is 1060. The first-order chi connectivity index (χ1) is 14.4. The number of carbonyl (C=O) groups excluding carboxylic acids is 1. The van der Waals surface area contributed by atoms with E-state index in [0.29, 0.717) is 18.4 Å². The molecule has 0 bridgehead atoms. The van der Waals surface area contributed by atoms with Crippen LogP contribution >= 0.6 is 0 Å². The van der Waals surface area contributed by atoms with Gasteiger partial charge in [0.05, 0.1) is 4.90 Å². The van der Waals surface area contributed by atoms with Crippen molar-refractivity contribution in [2.24, 2.45) is 0 Å². The number of anilines is 1. The molecular formula is C22H24F3NO4S. The molecule has 5 nitrogen and oxygen atoms in total. The van der Waals surface area contributed by atoms with Gasteiger partial charge in [0.1, 0.15) is 5.75 Å². The number of hydrogen-bond acceptors (Lipinski definition) is 4. The van der Waals surface area contributed by atoms with Gasteiger partial charge in [-0.25, -0.2) is 8.42 Å². The number of rotatable bonds is 6. The fourth-order valence-electron chi connectivity index (χ4n) is 3.82. The quantitative estimate of drug-likeness (QED) is 0.668. The number of benzene rings is 2. The van der Waals surface area contributed by atoms with Crippen molar-refractivity contribution in [3.63, 3.8) is 0 Å². The maximum Gasteiger partial charge on any atom is 0.422 e. The maximum atomic E-state index is 13.6. The lowest BCUT2D eigenvalue weighted by Gasteiger charge is -2.28. The third-order valence-electron chi connectivity index (χ3n) is 5.49. The highest BCUT2D eigenvalue weighted by Crippen LogP contribution is 2.42. The minimum Gasteiger partial charge on any atom is -0.484 e. The number of halogens is 3. The van der Waals surface area contributed by atoms with E-state index < -0.39 is 33.3 Å². The highest BCUT2D eigenvalue weighted by Gasteiger charge is 2.53. The Balaban J connectivity index is 1.85. The van der Waals surface area contributed by atoms with E-state index in [9.17, 15) is 26.4 Å². The monoisotopic (exact) mass is 455 g/mol. The molecule has 1 saturated carbocycles. The van der Waals surface area contributed by atoms with Crippen molar-refractivity contribution in [2.45, 2.75) is 55.3 Å². The molecule has 168 valence electrons. The van der Waals surface area contributed by atoms with Gasteiger partial charge in [-0.1, -0.05) is 25.0 Å². The van der Waals surface area contributed by atoms with Crippen LogP contribution in [-0.4, -0.2) is 31.9 Å². The molecule has 1 aliphatic rings. The predicted molar refractivity (Wildman–Crippen MR) is 111 cm³/mol. The number of hydrogen-bond donors (Lipinski definition) is 1. The van der Waals surface area contributed by atoms with Gasteiger partial charge in [-0.05, 0) is 68.1 Å². The molecule has 0 atom stereocenters. The van der Waals surface area contributed by atoms with Crippen LogP contribution in [0, 0.1) is 13.8 Å². The van der Waals surface area contributed by atoms with Gasteiger partial charge in [0.25, 0.3) is 0 Å². The Morgan fingerprint density at radius 1 is 1.06 bits per heavy atom. The van der Waals surface area contributed by atoms with Gasteiger partial charge in [-0.15, -0.1) is 0 Å². The first-order valence-electron chi connectivity index (χ1n) is 9.88. The first kappa shape index (κ1) is 23.1. The number of carbonyl (C=O) groups is 1. The molecule has 9 heteroatoms. The number of aryl methyl sites for hydroxylation is 2. The molecule has 0 radical (unpaired) electrons. The van der Waals surface area contributed by atoms with Gasteiger partial charge in [-0.2, -0.15) is 13.2 Å². The largest absolute Gasteiger partial charge is 0.484 e. The molecule has 1 fully saturated rings. The van der Waals surface area contributed by atoms with Crippen LogP contribution in [0.1, 0.15) is 36.8 Å². The van der Waals surface area contributed by atoms with E-state index in [0.717, 1.165) is 5.56 Å². The van der Waals surface area contributed by atoms with Gasteiger partial charge >= 0.3 is 6.18 Å². The topological polar surface area (TPSA) is 72.5 Å². The summed E-state index contributed by atoms with van der Waals surface area (Å²) < 4.78 is 67.1. The lowest BCUT2D eigenvalue weighted by atomic mass is 10.1. The van der Waals surface area contributed by atoms with Crippen LogP contribution in [0.25, 0.3) is 0 Å². The van der Waals surface area contributed by atoms with Gasteiger partial charge in [-0.3, -0.25) is 4.79 Å². The molecule has 1 aliphatic carbocycles. The molecule has 0 spiro atoms. The van der Waals surface area contributed by atoms with E-state index in [1.54, 1.807) is 26.0 Å². The number of alkyl halides is 3. The van der Waals surface area contributed by atoms with Crippen molar-refractivity contribution < 1.29 is 31.1 Å². The molecular weight excluding hydrogens is 431 g/mol. The second-order valence-electron chi connectivity index (χ2n) is 7.86. The van der Waals surface area contributed by atoms with Crippen molar-refractivity contribution in [1.29, 1.82) is 0 Å². The zero-order chi connectivity index (χ0) is 22.9. The Morgan fingerprint density at radius 3 is 2.26 bits per heavy atom. The first-order valence-corrected chi connectivity index (χ1v) is 11.4. The van der Waals surface area contributed by atoms with E-state index in [2.05, 4.69) is 10.1 Å². The van der Waals surface area contributed by atoms with Crippen LogP contribution in [0.2, 0.25) is 0 Å². The Kier molecular flexibility index (Phi) is 6.36. The Labute approximate surface area is 179 Å². The summed E-state index contributed by atoms with van der Waals surface area (Å²) >= 11 is 0. The molecule has 0 unspecified atom stereocenters. The van der Waals surface area contributed by atoms with Crippen molar-refractivity contribution in [3.8, 4) is 5.75 Å². The third-order valence-corrected chi connectivity index (χ3v) is 8.13. The minimum atomic E-state index is -4.45. The lowest BCUT2D eigenvalue weighted by molar-refractivity contribution is -0.153. The fraction of sp³-hybridized carbons (Fsp3) is 0.409. The molecule has 1 amide bonds. The van der Waals surface area contributed by atoms with Crippen molar-refractivity contribution >= 4 is 21.4 Å². The molecule has 1 N–H and O–H groups in total. The van der Waals surface area contributed by atoms with Crippen LogP contribution in [0.3, 0.4) is 0 Å². The van der Waals surface area contributed by atoms with Crippen molar-refractivity contribution in [2.75, 3.05) is 11.9 Å². The highest BCUT2D eigenvalue weighted by molar-refractivity contribution is 7.93. The van der Waals surface area contributed by atoms with Crippen molar-refractivity contribution in [3.05, 3.63) is 53.6 Å². The molecule has 31 heavy (non-hydrogen) atoms. The molecule has 0 saturated heterocycles. The average molecular weight is 455 g/mol. The summed E-state index contributed by atoms with van der Waals surface area (Å²) in [5, 5.41) is 2.64. The standard InChI is InChI=1S/C22H24F3NO4S/c1-15-5-6-16(2)19(13-15)31(28,29)21(11-3-4-12-21)20(27)26-17-7-9-18(10-8-17)30-14-22(23,24)25/h5-10,13H,3-4,11-12,14H2,1-2H3,(H,26,27). The predicted octanol–water partition coefficient (Wildman–Crippen LogP) is 4.97. The smallest absolute Gasteiger partial charge is 0.422 e. The number of nitrogens with one attached hydrogen (secondary N) is 1. The summed E-state index contributed by atoms with van der Waals surface area (Å²) in [7, 11) is -3.97. The zero-order valence-corrected chi connectivity index (χ0v) is 18.1. The van der Waals surface area contributed by atoms with Gasteiger partial charge < -0.3 is 10.1 Å². The Hall–Kier alpha value is -2.55. The summed E-state index contributed by atoms with van der Waals surface area (Å²) in [5.74, 6) is -0.635. The minimum absolute atomic E-state index is 0.00564. The van der Waals surface area contributed by atoms with Crippen LogP contribution in [0.15, 0.2) is 47.4 Å². The lowest BCUT2D eigenvalue weighted by Crippen LogP contribution is -2.47. The summed E-state index contributed by atoms with van der Waals surface area (Å²) in [6, 6.07) is 10.5. The number of amides is 1. The normalized spacial score (nSPS) is 16.2. The van der Waals surface area contributed by atoms with Gasteiger partial charge in [0.2, 0.25) is 5.91 Å². The van der Waals surface area contributed by atoms with E-state index in [-0.39, 0.29) is 29.2 Å². The SMILES string of the molecule is Cc1ccc(C)c(S(=O)(=O)C2(C(=O)Nc3ccc(OCC(F)(F)F)cc3)CCCC2)c1. The van der Waals surface area contributed by atoms with E-state index in [4.69, 9.17) is 0 Å². The average Bonchev–Trinajstić information content (AvgIpc) is 3.20. The van der Waals surface area contributed by atoms with Crippen LogP contribution in [0.5, 0.6) is 5.75 Å². The van der Waals surface area contributed by atoms with Crippen molar-refractivity contribution in [1.82, 2.24) is 0 Å². The Morgan fingerprint density at radius 2 is 1.68 bits per heavy atom. The molecule has 0 heterocycles. The molecule has 2 aromatic rings. The molecule has 3 rings (SSSR count). The summed E-state index contributed by atoms with van der Waals surface area (Å²) in [6.45, 7) is 2.07. The molecule has 2 aromatic carbocycles. The molecule has 0 aliphatic heterocycles. The van der Waals surface area contributed by atoms with Gasteiger partial charge in [0.15, 0.2) is 21.2 Å². The van der Waals surface area contributed by atoms with Gasteiger partial charge in [0, 0.05) is 5.69 Å². The van der Waals surface area contributed by atoms with E-state index >= 15 is 0 Å². The summed E-state index contributed by atoms with van der Waals surface area (Å²) in [5.41, 5.74) is 1.65. The van der Waals surface area contributed by atoms with Crippen LogP contribution in [-0.2, 0) is 14.6 Å². The fourth-order valence-corrected chi connectivity index (χ4v) is 6.19. The maximum absolute atomic E-state index is 13.6. The molecule has 0 aromatic heterocycles. The van der Waals surface area contributed by atoms with E-state index in [1.165, 1.54) is 24.3 Å². The van der Waals surface area contributed by atoms with E-state index in [1.807, 2.05) is 6.07 Å².